The van der Waals surface area contributed by atoms with Gasteiger partial charge in [0, 0.05) is 30.4 Å². The summed E-state index contributed by atoms with van der Waals surface area (Å²) in [4.78, 5) is 7.13. The minimum atomic E-state index is -3.21. The van der Waals surface area contributed by atoms with Crippen LogP contribution in [0, 0.1) is 0 Å². The van der Waals surface area contributed by atoms with Gasteiger partial charge in [0.05, 0.1) is 0 Å². The molecule has 1 saturated heterocycles. The van der Waals surface area contributed by atoms with E-state index in [1.165, 1.54) is 6.26 Å². The molecule has 0 aromatic carbocycles. The highest BCUT2D eigenvalue weighted by atomic mass is 79.9. The Labute approximate surface area is 110 Å². The number of nitrogens with zero attached hydrogens (tertiary/aromatic N) is 2. The molecule has 2 heterocycles. The number of halogens is 1. The van der Waals surface area contributed by atoms with Gasteiger partial charge in [-0.25, -0.2) is 13.4 Å². The van der Waals surface area contributed by atoms with Gasteiger partial charge in [-0.3, -0.25) is 0 Å². The van der Waals surface area contributed by atoms with E-state index in [1.807, 2.05) is 4.90 Å². The topological polar surface area (TPSA) is 50.3 Å². The number of rotatable bonds is 2. The van der Waals surface area contributed by atoms with Crippen LogP contribution in [0.4, 0.5) is 5.82 Å². The summed E-state index contributed by atoms with van der Waals surface area (Å²) in [6, 6.07) is 3.29. The molecule has 1 aliphatic heterocycles. The Morgan fingerprint density at radius 2 is 2.06 bits per heavy atom. The molecule has 4 nitrogen and oxygen atoms in total. The van der Waals surface area contributed by atoms with E-state index in [9.17, 15) is 8.42 Å². The van der Waals surface area contributed by atoms with Crippen LogP contribution in [-0.2, 0) is 9.84 Å². The summed E-state index contributed by atoms with van der Waals surface area (Å²) in [7, 11) is -3.21. The molecule has 0 bridgehead atoms. The van der Waals surface area contributed by atoms with Gasteiger partial charge in [-0.2, -0.15) is 0 Å². The van der Waals surface area contributed by atoms with Gasteiger partial charge in [-0.05, 0) is 25.0 Å². The van der Waals surface area contributed by atoms with Crippen molar-refractivity contribution in [1.29, 1.82) is 0 Å². The third-order valence-corrected chi connectivity index (χ3v) is 4.91. The average molecular weight is 319 g/mol. The molecule has 2 rings (SSSR count). The number of hydrogen-bond donors (Lipinski definition) is 0. The van der Waals surface area contributed by atoms with Crippen LogP contribution in [0.1, 0.15) is 12.8 Å². The Morgan fingerprint density at radius 1 is 1.41 bits per heavy atom. The van der Waals surface area contributed by atoms with Crippen LogP contribution < -0.4 is 4.90 Å². The van der Waals surface area contributed by atoms with Crippen LogP contribution in [-0.4, -0.2) is 37.6 Å². The molecule has 0 radical (unpaired) electrons. The Morgan fingerprint density at radius 3 is 2.65 bits per heavy atom. The number of anilines is 1. The molecule has 0 unspecified atom stereocenters. The van der Waals surface area contributed by atoms with Gasteiger partial charge < -0.3 is 4.90 Å². The molecule has 6 heteroatoms. The number of pyridine rings is 1. The summed E-state index contributed by atoms with van der Waals surface area (Å²) in [6.07, 6.45) is 4.90. The van der Waals surface area contributed by atoms with Crippen LogP contribution in [0.5, 0.6) is 0 Å². The summed E-state index contributed by atoms with van der Waals surface area (Å²) in [5.74, 6) is 0.592. The lowest BCUT2D eigenvalue weighted by atomic mass is 10.1. The van der Waals surface area contributed by atoms with E-state index < -0.39 is 9.84 Å². The summed E-state index contributed by atoms with van der Waals surface area (Å²) in [5, 5.41) is 0. The van der Waals surface area contributed by atoms with E-state index in [0.29, 0.717) is 15.5 Å². The summed E-state index contributed by atoms with van der Waals surface area (Å²) in [5.41, 5.74) is 0. The van der Waals surface area contributed by atoms with Crippen molar-refractivity contribution in [2.24, 2.45) is 0 Å². The highest BCUT2D eigenvalue weighted by Gasteiger charge is 2.23. The molecule has 94 valence electrons. The normalized spacial score (nSPS) is 18.4. The molecule has 0 aliphatic carbocycles. The fourth-order valence-electron chi connectivity index (χ4n) is 1.97. The van der Waals surface area contributed by atoms with Gasteiger partial charge in [0.1, 0.15) is 10.7 Å². The lowest BCUT2D eigenvalue weighted by molar-refractivity contribution is 0.582. The molecule has 1 aromatic heterocycles. The van der Waals surface area contributed by atoms with Gasteiger partial charge in [-0.15, -0.1) is 0 Å². The zero-order valence-corrected chi connectivity index (χ0v) is 12.0. The first kappa shape index (κ1) is 12.8. The molecule has 0 atom stereocenters. The second-order valence-electron chi connectivity index (χ2n) is 4.26. The van der Waals surface area contributed by atoms with E-state index in [4.69, 9.17) is 0 Å². The fourth-order valence-corrected chi connectivity index (χ4v) is 3.22. The Balaban J connectivity index is 2.33. The van der Waals surface area contributed by atoms with Crippen LogP contribution in [0.2, 0.25) is 0 Å². The minimum Gasteiger partial charge on any atom is -0.355 e. The van der Waals surface area contributed by atoms with Crippen LogP contribution in [0.15, 0.2) is 23.2 Å². The number of alkyl halides is 1. The van der Waals surface area contributed by atoms with E-state index in [2.05, 4.69) is 20.9 Å². The molecule has 17 heavy (non-hydrogen) atoms. The second kappa shape index (κ2) is 4.94. The maximum atomic E-state index is 11.7. The van der Waals surface area contributed by atoms with Crippen molar-refractivity contribution in [1.82, 2.24) is 4.98 Å². The van der Waals surface area contributed by atoms with Gasteiger partial charge in [0.2, 0.25) is 0 Å². The highest BCUT2D eigenvalue weighted by molar-refractivity contribution is 9.09. The molecule has 1 aliphatic rings. The van der Waals surface area contributed by atoms with Gasteiger partial charge in [0.25, 0.3) is 0 Å². The van der Waals surface area contributed by atoms with E-state index in [1.54, 1.807) is 18.3 Å². The first-order valence-electron chi connectivity index (χ1n) is 5.52. The van der Waals surface area contributed by atoms with E-state index in [0.717, 1.165) is 25.9 Å². The molecule has 1 fully saturated rings. The van der Waals surface area contributed by atoms with Gasteiger partial charge in [-0.1, -0.05) is 15.9 Å². The third kappa shape index (κ3) is 2.98. The summed E-state index contributed by atoms with van der Waals surface area (Å²) < 4.78 is 23.4. The number of aromatic nitrogens is 1. The van der Waals surface area contributed by atoms with Gasteiger partial charge in [0.15, 0.2) is 9.84 Å². The smallest absolute Gasteiger partial charge is 0.179 e. The molecular formula is C11H15BrN2O2S. The number of sulfone groups is 1. The Kier molecular flexibility index (Phi) is 3.73. The largest absolute Gasteiger partial charge is 0.355 e. The van der Waals surface area contributed by atoms with Crippen LogP contribution >= 0.6 is 15.9 Å². The summed E-state index contributed by atoms with van der Waals surface area (Å²) in [6.45, 7) is 1.69. The molecule has 1 aromatic rings. The SMILES string of the molecule is CS(=O)(=O)c1cccnc1N1CCC(Br)CC1. The van der Waals surface area contributed by atoms with Crippen LogP contribution in [0.3, 0.4) is 0 Å². The van der Waals surface area contributed by atoms with Crippen molar-refractivity contribution in [2.75, 3.05) is 24.2 Å². The quantitative estimate of drug-likeness (QED) is 0.781. The van der Waals surface area contributed by atoms with Crippen molar-refractivity contribution in [3.63, 3.8) is 0 Å². The Hall–Kier alpha value is -0.620. The molecule has 0 amide bonds. The molecular weight excluding hydrogens is 304 g/mol. The first-order valence-corrected chi connectivity index (χ1v) is 8.33. The number of hydrogen-bond acceptors (Lipinski definition) is 4. The standard InChI is InChI=1S/C11H15BrN2O2S/c1-17(15,16)10-3-2-6-13-11(10)14-7-4-9(12)5-8-14/h2-3,6,9H,4-5,7-8H2,1H3. The van der Waals surface area contributed by atoms with Crippen molar-refractivity contribution < 1.29 is 8.42 Å². The summed E-state index contributed by atoms with van der Waals surface area (Å²) >= 11 is 3.58. The zero-order valence-electron chi connectivity index (χ0n) is 9.63. The van der Waals surface area contributed by atoms with Gasteiger partial charge >= 0.3 is 0 Å². The van der Waals surface area contributed by atoms with Crippen LogP contribution in [0.25, 0.3) is 0 Å². The minimum absolute atomic E-state index is 0.327. The molecule has 0 spiro atoms. The number of piperidine rings is 1. The Bertz CT molecular complexity index is 496. The van der Waals surface area contributed by atoms with Crippen molar-refractivity contribution in [3.8, 4) is 0 Å². The maximum absolute atomic E-state index is 11.7. The third-order valence-electron chi connectivity index (χ3n) is 2.87. The van der Waals surface area contributed by atoms with E-state index in [-0.39, 0.29) is 0 Å². The van der Waals surface area contributed by atoms with Crippen molar-refractivity contribution in [2.45, 2.75) is 22.6 Å². The average Bonchev–Trinajstić information content (AvgIpc) is 2.29. The predicted octanol–water partition coefficient (Wildman–Crippen LogP) is 1.85. The second-order valence-corrected chi connectivity index (χ2v) is 7.54. The lowest BCUT2D eigenvalue weighted by Gasteiger charge is -2.31. The molecule has 0 N–H and O–H groups in total. The van der Waals surface area contributed by atoms with Crippen molar-refractivity contribution >= 4 is 31.6 Å². The molecule has 0 saturated carbocycles. The van der Waals surface area contributed by atoms with Crippen molar-refractivity contribution in [3.05, 3.63) is 18.3 Å². The van der Waals surface area contributed by atoms with E-state index >= 15 is 0 Å². The fraction of sp³-hybridized carbons (Fsp3) is 0.545. The highest BCUT2D eigenvalue weighted by Crippen LogP contribution is 2.26. The zero-order chi connectivity index (χ0) is 12.5. The lowest BCUT2D eigenvalue weighted by Crippen LogP contribution is -2.35. The monoisotopic (exact) mass is 318 g/mol. The maximum Gasteiger partial charge on any atom is 0.179 e. The first-order chi connectivity index (χ1) is 7.98. The predicted molar refractivity (Wildman–Crippen MR) is 71.5 cm³/mol.